The van der Waals surface area contributed by atoms with Crippen molar-refractivity contribution in [3.8, 4) is 34.1 Å². The van der Waals surface area contributed by atoms with Gasteiger partial charge in [0.2, 0.25) is 21.8 Å². The number of fused-ring (bicyclic) bond motifs is 2. The van der Waals surface area contributed by atoms with Gasteiger partial charge < -0.3 is 34.9 Å². The molecular weight excluding hydrogens is 805 g/mol. The van der Waals surface area contributed by atoms with Crippen molar-refractivity contribution in [1.29, 1.82) is 0 Å². The van der Waals surface area contributed by atoms with Crippen LogP contribution in [0.3, 0.4) is 0 Å². The summed E-state index contributed by atoms with van der Waals surface area (Å²) in [5, 5.41) is 15.1. The van der Waals surface area contributed by atoms with Crippen molar-refractivity contribution in [2.75, 3.05) is 6.54 Å². The summed E-state index contributed by atoms with van der Waals surface area (Å²) in [5.41, 5.74) is 0.827. The Morgan fingerprint density at radius 1 is 1.07 bits per heavy atom. The molecule has 0 bridgehead atoms. The lowest BCUT2D eigenvalue weighted by Crippen LogP contribution is -2.60. The Morgan fingerprint density at radius 2 is 1.80 bits per heavy atom. The van der Waals surface area contributed by atoms with Crippen LogP contribution in [0.15, 0.2) is 72.9 Å². The normalized spacial score (nSPS) is 27.9. The molecule has 2 aliphatic heterocycles. The number of nitrogens with one attached hydrogen (secondary N) is 3. The highest BCUT2D eigenvalue weighted by molar-refractivity contribution is 7.91. The van der Waals surface area contributed by atoms with E-state index in [9.17, 15) is 32.7 Å². The molecule has 2 saturated carbocycles. The second-order valence-electron chi connectivity index (χ2n) is 16.9. The molecule has 7 rings (SSSR count). The van der Waals surface area contributed by atoms with Gasteiger partial charge in [0.25, 0.3) is 5.91 Å². The molecule has 0 radical (unpaired) electrons. The van der Waals surface area contributed by atoms with Crippen LogP contribution in [-0.2, 0) is 29.1 Å². The predicted octanol–water partition coefficient (Wildman–Crippen LogP) is 4.99. The van der Waals surface area contributed by atoms with Crippen LogP contribution >= 0.6 is 0 Å². The lowest BCUT2D eigenvalue weighted by atomic mass is 10.0. The maximum absolute atomic E-state index is 14.7. The van der Waals surface area contributed by atoms with Crippen molar-refractivity contribution in [1.82, 2.24) is 30.2 Å². The number of sulfonamides is 1. The summed E-state index contributed by atoms with van der Waals surface area (Å²) in [7, 11) is -4.05. The Labute approximate surface area is 355 Å². The van der Waals surface area contributed by atoms with Crippen molar-refractivity contribution < 1.29 is 46.9 Å². The van der Waals surface area contributed by atoms with E-state index in [0.29, 0.717) is 54.3 Å². The molecule has 4 amide bonds. The molecular formula is C44H54N6O10S. The molecule has 1 saturated heterocycles. The summed E-state index contributed by atoms with van der Waals surface area (Å²) < 4.78 is 46.4. The average Bonchev–Trinajstić information content (AvgIpc) is 4.10. The third kappa shape index (κ3) is 9.67. The summed E-state index contributed by atoms with van der Waals surface area (Å²) >= 11 is 0. The molecule has 4 heterocycles. The van der Waals surface area contributed by atoms with Crippen molar-refractivity contribution >= 4 is 33.8 Å². The standard InChI is InChI=1S/C44H54N6O10S/c1-6-37-38(47-42(54)55)40(52)50-25-32(60-31-21-34(28-14-16-30(17-15-28)58-26(2)3)46-35(22-31)33-13-9-10-20-45-33)23-36(50)39(51)48-44(24-29(44)12-8-7-11-27(4)59-37)41(53)49-61(56,57)43(5)18-19-43/h8-10,12-17,20-22,26-27,29,32,36-38,47H,6-7,11,18-19,23-25H2,1-5H3,(H,48,51)(H,49,53)(H,54,55)/b12-8-/t27-,29-,32-,36+,37+,38+,44-/m1/s1. The number of carbonyl (C=O) groups is 4. The second kappa shape index (κ2) is 17.4. The lowest BCUT2D eigenvalue weighted by molar-refractivity contribution is -0.145. The molecule has 2 aromatic heterocycles. The maximum Gasteiger partial charge on any atom is 0.405 e. The van der Waals surface area contributed by atoms with Gasteiger partial charge in [-0.15, -0.1) is 0 Å². The fourth-order valence-corrected chi connectivity index (χ4v) is 9.28. The van der Waals surface area contributed by atoms with Gasteiger partial charge in [0, 0.05) is 36.2 Å². The predicted molar refractivity (Wildman–Crippen MR) is 225 cm³/mol. The number of aromatic nitrogens is 2. The second-order valence-corrected chi connectivity index (χ2v) is 19.1. The minimum Gasteiger partial charge on any atom is -0.491 e. The fourth-order valence-electron chi connectivity index (χ4n) is 7.97. The number of benzene rings is 1. The molecule has 16 nitrogen and oxygen atoms in total. The summed E-state index contributed by atoms with van der Waals surface area (Å²) in [5.74, 6) is -1.71. The SMILES string of the molecule is CC[C@@H]1O[C@H](C)CC/C=C\[C@@H]2C[C@@]2(C(=O)NS(=O)(=O)C2(C)CC2)NC(=O)[C@@H]2C[C@@H](Oc3cc(-c4ccc(OC(C)C)cc4)nc(-c4ccccn4)c3)CN2C(=O)[C@H]1NC(=O)O. The van der Waals surface area contributed by atoms with Gasteiger partial charge in [0.05, 0.1) is 46.7 Å². The Morgan fingerprint density at radius 3 is 2.46 bits per heavy atom. The van der Waals surface area contributed by atoms with E-state index >= 15 is 0 Å². The molecule has 3 aromatic rings. The summed E-state index contributed by atoms with van der Waals surface area (Å²) in [6.45, 7) is 8.94. The van der Waals surface area contributed by atoms with Crippen LogP contribution < -0.4 is 24.8 Å². The third-order valence-corrected chi connectivity index (χ3v) is 14.0. The van der Waals surface area contributed by atoms with Gasteiger partial charge >= 0.3 is 6.09 Å². The molecule has 3 fully saturated rings. The quantitative estimate of drug-likeness (QED) is 0.188. The topological polar surface area (TPSA) is 215 Å². The Kier molecular flexibility index (Phi) is 12.4. The first-order chi connectivity index (χ1) is 29.0. The fraction of sp³-hybridized carbons (Fsp3) is 0.500. The minimum atomic E-state index is -4.05. The zero-order valence-electron chi connectivity index (χ0n) is 35.0. The number of amides is 4. The van der Waals surface area contributed by atoms with Gasteiger partial charge in [-0.25, -0.2) is 18.2 Å². The van der Waals surface area contributed by atoms with Crippen LogP contribution in [0.2, 0.25) is 0 Å². The highest BCUT2D eigenvalue weighted by atomic mass is 32.2. The molecule has 61 heavy (non-hydrogen) atoms. The first-order valence-corrected chi connectivity index (χ1v) is 22.4. The van der Waals surface area contributed by atoms with Gasteiger partial charge in [-0.2, -0.15) is 0 Å². The Hall–Kier alpha value is -5.55. The maximum atomic E-state index is 14.7. The van der Waals surface area contributed by atoms with E-state index in [0.717, 1.165) is 5.56 Å². The molecule has 4 aliphatic rings. The smallest absolute Gasteiger partial charge is 0.405 e. The molecule has 2 aliphatic carbocycles. The monoisotopic (exact) mass is 858 g/mol. The number of nitrogens with zero attached hydrogens (tertiary/aromatic N) is 3. The first kappa shape index (κ1) is 43.5. The number of carboxylic acid groups (broad SMARTS) is 1. The number of allylic oxidation sites excluding steroid dienone is 1. The Balaban J connectivity index is 1.24. The minimum absolute atomic E-state index is 0.0116. The van der Waals surface area contributed by atoms with Crippen molar-refractivity contribution in [3.05, 3.63) is 72.9 Å². The van der Waals surface area contributed by atoms with Gasteiger partial charge in [-0.1, -0.05) is 25.1 Å². The molecule has 17 heteroatoms. The van der Waals surface area contributed by atoms with E-state index < -0.39 is 74.3 Å². The van der Waals surface area contributed by atoms with Crippen molar-refractivity contribution in [3.63, 3.8) is 0 Å². The van der Waals surface area contributed by atoms with Gasteiger partial charge in [-0.3, -0.25) is 24.1 Å². The number of hydrogen-bond donors (Lipinski definition) is 4. The van der Waals surface area contributed by atoms with Gasteiger partial charge in [-0.05, 0) is 103 Å². The zero-order valence-corrected chi connectivity index (χ0v) is 35.8. The van der Waals surface area contributed by atoms with Crippen molar-refractivity contribution in [2.45, 2.75) is 126 Å². The number of hydrogen-bond acceptors (Lipinski definition) is 11. The van der Waals surface area contributed by atoms with Crippen LogP contribution in [0.1, 0.15) is 79.6 Å². The zero-order chi connectivity index (χ0) is 43.7. The first-order valence-electron chi connectivity index (χ1n) is 20.9. The van der Waals surface area contributed by atoms with E-state index in [-0.39, 0.29) is 38.0 Å². The van der Waals surface area contributed by atoms with Crippen LogP contribution in [0, 0.1) is 5.92 Å². The average molecular weight is 859 g/mol. The van der Waals surface area contributed by atoms with Gasteiger partial charge in [0.15, 0.2) is 0 Å². The molecule has 326 valence electrons. The van der Waals surface area contributed by atoms with Crippen LogP contribution in [0.25, 0.3) is 22.6 Å². The summed E-state index contributed by atoms with van der Waals surface area (Å²) in [6.07, 6.45) is 4.02. The molecule has 0 unspecified atom stereocenters. The van der Waals surface area contributed by atoms with Crippen LogP contribution in [0.5, 0.6) is 11.5 Å². The Bertz CT molecular complexity index is 2270. The molecule has 0 spiro atoms. The lowest BCUT2D eigenvalue weighted by Gasteiger charge is -2.33. The third-order valence-electron chi connectivity index (χ3n) is 11.8. The van der Waals surface area contributed by atoms with E-state index in [4.69, 9.17) is 19.2 Å². The largest absolute Gasteiger partial charge is 0.491 e. The number of pyridine rings is 2. The van der Waals surface area contributed by atoms with E-state index in [1.165, 1.54) is 4.90 Å². The summed E-state index contributed by atoms with van der Waals surface area (Å²) in [6, 6.07) is 13.8. The number of rotatable bonds is 11. The highest BCUT2D eigenvalue weighted by Crippen LogP contribution is 2.47. The van der Waals surface area contributed by atoms with E-state index in [1.807, 2.05) is 63.2 Å². The number of carbonyl (C=O) groups excluding carboxylic acids is 3. The highest BCUT2D eigenvalue weighted by Gasteiger charge is 2.63. The summed E-state index contributed by atoms with van der Waals surface area (Å²) in [4.78, 5) is 66.1. The number of ether oxygens (including phenoxy) is 3. The van der Waals surface area contributed by atoms with Crippen molar-refractivity contribution in [2.24, 2.45) is 5.92 Å². The van der Waals surface area contributed by atoms with Crippen LogP contribution in [-0.4, -0.2) is 106 Å². The van der Waals surface area contributed by atoms with E-state index in [1.54, 1.807) is 44.3 Å². The van der Waals surface area contributed by atoms with Gasteiger partial charge in [0.1, 0.15) is 35.2 Å². The molecule has 4 N–H and O–H groups in total. The molecule has 7 atom stereocenters. The molecule has 1 aromatic carbocycles. The van der Waals surface area contributed by atoms with Crippen LogP contribution in [0.4, 0.5) is 4.79 Å². The van der Waals surface area contributed by atoms with E-state index in [2.05, 4.69) is 20.3 Å².